The Morgan fingerprint density at radius 3 is 2.70 bits per heavy atom. The van der Waals surface area contributed by atoms with Gasteiger partial charge in [0.05, 0.1) is 29.5 Å². The highest BCUT2D eigenvalue weighted by Crippen LogP contribution is 2.33. The zero-order chi connectivity index (χ0) is 22.4. The van der Waals surface area contributed by atoms with Gasteiger partial charge in [-0.1, -0.05) is 72.4 Å². The molecule has 0 saturated carbocycles. The Morgan fingerprint density at radius 1 is 1.03 bits per heavy atom. The van der Waals surface area contributed by atoms with E-state index in [1.165, 1.54) is 31.7 Å². The van der Waals surface area contributed by atoms with Crippen LogP contribution < -0.4 is 10.5 Å². The van der Waals surface area contributed by atoms with Crippen LogP contribution in [-0.2, 0) is 18.7 Å². The third-order valence-electron chi connectivity index (χ3n) is 6.39. The summed E-state index contributed by atoms with van der Waals surface area (Å²) in [5.41, 5.74) is 3.40. The van der Waals surface area contributed by atoms with Crippen molar-refractivity contribution in [1.29, 1.82) is 0 Å². The number of aromatic nitrogens is 2. The highest BCUT2D eigenvalue weighted by Gasteiger charge is 2.26. The van der Waals surface area contributed by atoms with E-state index in [9.17, 15) is 4.79 Å². The van der Waals surface area contributed by atoms with E-state index in [4.69, 9.17) is 4.98 Å². The van der Waals surface area contributed by atoms with Gasteiger partial charge in [0, 0.05) is 12.2 Å². The molecule has 0 saturated heterocycles. The van der Waals surface area contributed by atoms with E-state index < -0.39 is 0 Å². The topological polar surface area (TPSA) is 39.3 Å². The van der Waals surface area contributed by atoms with Crippen LogP contribution in [0.15, 0.2) is 82.7 Å². The average Bonchev–Trinajstić information content (AvgIpc) is 3.21. The molecule has 0 spiro atoms. The minimum absolute atomic E-state index is 0.0590. The van der Waals surface area contributed by atoms with Gasteiger partial charge in [0.15, 0.2) is 5.16 Å². The van der Waals surface area contributed by atoms with Crippen LogP contribution >= 0.6 is 23.1 Å². The van der Waals surface area contributed by atoms with Crippen molar-refractivity contribution in [3.63, 3.8) is 0 Å². The lowest BCUT2D eigenvalue weighted by molar-refractivity contribution is -0.895. The number of likely N-dealkylation sites (N-methyl/N-ethyl adjacent to an activating group) is 1. The number of nitrogens with one attached hydrogen (secondary N) is 1. The standard InChI is InChI=1S/C27H23N3OS2/c1-29-15-14-22-23(16-29)33-25-24(22)26(31)30(20-11-3-2-4-12-20)27(28-25)32-17-19-10-7-9-18-8-5-6-13-21(18)19/h2-13H,14-17H2,1H3/p+1. The van der Waals surface area contributed by atoms with E-state index in [1.54, 1.807) is 23.1 Å². The van der Waals surface area contributed by atoms with Crippen LogP contribution in [-0.4, -0.2) is 23.1 Å². The average molecular weight is 471 g/mol. The number of para-hydroxylation sites is 1. The highest BCUT2D eigenvalue weighted by molar-refractivity contribution is 7.98. The second-order valence-electron chi connectivity index (χ2n) is 8.62. The molecule has 1 aliphatic heterocycles. The second kappa shape index (κ2) is 8.45. The molecule has 0 radical (unpaired) electrons. The fourth-order valence-electron chi connectivity index (χ4n) is 4.70. The van der Waals surface area contributed by atoms with Gasteiger partial charge < -0.3 is 4.90 Å². The van der Waals surface area contributed by atoms with Crippen molar-refractivity contribution in [1.82, 2.24) is 9.55 Å². The number of benzene rings is 3. The predicted molar refractivity (Wildman–Crippen MR) is 138 cm³/mol. The molecule has 1 unspecified atom stereocenters. The summed E-state index contributed by atoms with van der Waals surface area (Å²) >= 11 is 3.34. The highest BCUT2D eigenvalue weighted by atomic mass is 32.2. The summed E-state index contributed by atoms with van der Waals surface area (Å²) in [4.78, 5) is 22.7. The van der Waals surface area contributed by atoms with E-state index in [0.29, 0.717) is 0 Å². The number of hydrogen-bond donors (Lipinski definition) is 1. The first-order valence-corrected chi connectivity index (χ1v) is 13.0. The van der Waals surface area contributed by atoms with Crippen LogP contribution in [0, 0.1) is 0 Å². The molecule has 0 amide bonds. The molecule has 1 aliphatic rings. The van der Waals surface area contributed by atoms with E-state index in [-0.39, 0.29) is 5.56 Å². The summed E-state index contributed by atoms with van der Waals surface area (Å²) in [6.07, 6.45) is 0.940. The van der Waals surface area contributed by atoms with E-state index in [2.05, 4.69) is 49.5 Å². The van der Waals surface area contributed by atoms with Gasteiger partial charge in [-0.25, -0.2) is 4.98 Å². The van der Waals surface area contributed by atoms with Gasteiger partial charge in [0.1, 0.15) is 11.4 Å². The molecule has 2 aromatic heterocycles. The first kappa shape index (κ1) is 20.7. The van der Waals surface area contributed by atoms with Crippen molar-refractivity contribution in [3.8, 4) is 5.69 Å². The Bertz CT molecular complexity index is 1530. The molecule has 6 rings (SSSR count). The van der Waals surface area contributed by atoms with Crippen molar-refractivity contribution in [3.05, 3.63) is 99.2 Å². The molecule has 0 bridgehead atoms. The fourth-order valence-corrected chi connectivity index (χ4v) is 7.09. The molecule has 0 aliphatic carbocycles. The van der Waals surface area contributed by atoms with Crippen LogP contribution in [0.3, 0.4) is 0 Å². The Labute approximate surface area is 200 Å². The van der Waals surface area contributed by atoms with Gasteiger partial charge >= 0.3 is 0 Å². The van der Waals surface area contributed by atoms with Gasteiger partial charge in [-0.3, -0.25) is 9.36 Å². The molecule has 4 nitrogen and oxygen atoms in total. The van der Waals surface area contributed by atoms with E-state index in [0.717, 1.165) is 46.3 Å². The molecule has 0 fully saturated rings. The maximum absolute atomic E-state index is 13.9. The van der Waals surface area contributed by atoms with Crippen molar-refractivity contribution in [2.75, 3.05) is 13.6 Å². The van der Waals surface area contributed by atoms with Gasteiger partial charge in [-0.15, -0.1) is 11.3 Å². The van der Waals surface area contributed by atoms with Crippen molar-refractivity contribution in [2.24, 2.45) is 0 Å². The normalized spacial score (nSPS) is 15.7. The Balaban J connectivity index is 1.49. The summed E-state index contributed by atoms with van der Waals surface area (Å²) in [7, 11) is 2.22. The number of nitrogens with zero attached hydrogens (tertiary/aromatic N) is 2. The lowest BCUT2D eigenvalue weighted by Crippen LogP contribution is -3.08. The Kier molecular flexibility index (Phi) is 5.29. The first-order valence-electron chi connectivity index (χ1n) is 11.2. The molecular weight excluding hydrogens is 446 g/mol. The molecule has 3 aromatic carbocycles. The molecule has 164 valence electrons. The van der Waals surface area contributed by atoms with E-state index in [1.807, 2.05) is 34.9 Å². The van der Waals surface area contributed by atoms with Crippen LogP contribution in [0.4, 0.5) is 0 Å². The second-order valence-corrected chi connectivity index (χ2v) is 10.6. The lowest BCUT2D eigenvalue weighted by atomic mass is 10.1. The summed E-state index contributed by atoms with van der Waals surface area (Å²) in [6, 6.07) is 24.8. The fraction of sp³-hybridized carbons (Fsp3) is 0.185. The van der Waals surface area contributed by atoms with Gasteiger partial charge in [0.2, 0.25) is 0 Å². The van der Waals surface area contributed by atoms with Crippen LogP contribution in [0.1, 0.15) is 16.0 Å². The van der Waals surface area contributed by atoms with Crippen LogP contribution in [0.2, 0.25) is 0 Å². The number of hydrogen-bond acceptors (Lipinski definition) is 4. The lowest BCUT2D eigenvalue weighted by Gasteiger charge is -2.19. The third kappa shape index (κ3) is 3.68. The first-order chi connectivity index (χ1) is 16.2. The SMILES string of the molecule is C[NH+]1CCc2c(sc3nc(SCc4cccc5ccccc45)n(-c4ccccc4)c(=O)c23)C1. The van der Waals surface area contributed by atoms with Gasteiger partial charge in [-0.05, 0) is 34.0 Å². The number of thioether (sulfide) groups is 1. The molecule has 5 aromatic rings. The summed E-state index contributed by atoms with van der Waals surface area (Å²) < 4.78 is 1.82. The maximum atomic E-state index is 13.9. The zero-order valence-electron chi connectivity index (χ0n) is 18.4. The van der Waals surface area contributed by atoms with Gasteiger partial charge in [0.25, 0.3) is 5.56 Å². The largest absolute Gasteiger partial charge is 0.333 e. The number of fused-ring (bicyclic) bond motifs is 4. The minimum atomic E-state index is 0.0590. The Morgan fingerprint density at radius 2 is 1.82 bits per heavy atom. The summed E-state index contributed by atoms with van der Waals surface area (Å²) in [5, 5.41) is 4.06. The molecule has 33 heavy (non-hydrogen) atoms. The van der Waals surface area contributed by atoms with Crippen molar-refractivity contribution in [2.45, 2.75) is 23.9 Å². The van der Waals surface area contributed by atoms with Gasteiger partial charge in [-0.2, -0.15) is 0 Å². The van der Waals surface area contributed by atoms with E-state index >= 15 is 0 Å². The Hall–Kier alpha value is -2.93. The van der Waals surface area contributed by atoms with Crippen LogP contribution in [0.5, 0.6) is 0 Å². The quantitative estimate of drug-likeness (QED) is 0.311. The third-order valence-corrected chi connectivity index (χ3v) is 8.51. The molecule has 1 atom stereocenters. The number of rotatable bonds is 4. The molecule has 6 heteroatoms. The summed E-state index contributed by atoms with van der Waals surface area (Å²) in [5.74, 6) is 0.754. The van der Waals surface area contributed by atoms with Crippen molar-refractivity contribution < 1.29 is 4.90 Å². The number of thiophene rings is 1. The smallest absolute Gasteiger partial charge is 0.267 e. The zero-order valence-corrected chi connectivity index (χ0v) is 20.0. The number of quaternary nitrogens is 1. The summed E-state index contributed by atoms with van der Waals surface area (Å²) in [6.45, 7) is 2.03. The molecule has 1 N–H and O–H groups in total. The molecule has 3 heterocycles. The monoisotopic (exact) mass is 470 g/mol. The van der Waals surface area contributed by atoms with Crippen LogP contribution in [0.25, 0.3) is 26.7 Å². The molecular formula is C27H24N3OS2+. The minimum Gasteiger partial charge on any atom is -0.333 e. The maximum Gasteiger partial charge on any atom is 0.267 e. The predicted octanol–water partition coefficient (Wildman–Crippen LogP) is 4.46. The van der Waals surface area contributed by atoms with Crippen molar-refractivity contribution >= 4 is 44.1 Å².